The lowest BCUT2D eigenvalue weighted by molar-refractivity contribution is -0.127. The molecule has 3 aromatic heterocycles. The van der Waals surface area contributed by atoms with Gasteiger partial charge >= 0.3 is 0 Å². The van der Waals surface area contributed by atoms with E-state index < -0.39 is 0 Å². The number of ether oxygens (including phenoxy) is 1. The normalized spacial score (nSPS) is 16.1. The first-order valence-electron chi connectivity index (χ1n) is 10.1. The fourth-order valence-corrected chi connectivity index (χ4v) is 3.93. The van der Waals surface area contributed by atoms with Crippen molar-refractivity contribution in [3.63, 3.8) is 0 Å². The highest BCUT2D eigenvalue weighted by molar-refractivity contribution is 5.93. The summed E-state index contributed by atoms with van der Waals surface area (Å²) in [4.78, 5) is 20.4. The summed E-state index contributed by atoms with van der Waals surface area (Å²) in [5.74, 6) is 3.42. The Labute approximate surface area is 180 Å². The third-order valence-corrected chi connectivity index (χ3v) is 5.41. The number of pyridine rings is 2. The Morgan fingerprint density at radius 3 is 2.84 bits per heavy atom. The number of hydrogen-bond acceptors (Lipinski definition) is 6. The van der Waals surface area contributed by atoms with Crippen LogP contribution in [0.4, 0.5) is 5.82 Å². The van der Waals surface area contributed by atoms with Gasteiger partial charge in [-0.05, 0) is 38.0 Å². The molecular weight excluding hydrogens is 392 g/mol. The number of carbonyl (C=O) groups excluding carboxylic acids is 1. The molecule has 8 heteroatoms. The minimum Gasteiger partial charge on any atom is -0.492 e. The molecule has 3 aromatic rings. The quantitative estimate of drug-likeness (QED) is 0.609. The third-order valence-electron chi connectivity index (χ3n) is 5.41. The molecule has 1 amide bonds. The van der Waals surface area contributed by atoms with Crippen molar-refractivity contribution in [1.82, 2.24) is 19.5 Å². The highest BCUT2D eigenvalue weighted by atomic mass is 16.5. The van der Waals surface area contributed by atoms with Crippen LogP contribution in [0.2, 0.25) is 0 Å². The number of anilines is 1. The van der Waals surface area contributed by atoms with E-state index in [4.69, 9.17) is 11.2 Å². The minimum absolute atomic E-state index is 0.00579. The van der Waals surface area contributed by atoms with Gasteiger partial charge in [-0.1, -0.05) is 0 Å². The van der Waals surface area contributed by atoms with Gasteiger partial charge in [0.25, 0.3) is 5.91 Å². The van der Waals surface area contributed by atoms with Crippen LogP contribution in [0, 0.1) is 23.7 Å². The molecule has 1 saturated heterocycles. The summed E-state index contributed by atoms with van der Waals surface area (Å²) in [5.41, 5.74) is 2.90. The first kappa shape index (κ1) is 20.2. The molecule has 4 rings (SSSR count). The predicted molar refractivity (Wildman–Crippen MR) is 117 cm³/mol. The lowest BCUT2D eigenvalue weighted by atomic mass is 10.1. The summed E-state index contributed by atoms with van der Waals surface area (Å²) in [7, 11) is 0. The van der Waals surface area contributed by atoms with Gasteiger partial charge in [-0.25, -0.2) is 9.50 Å². The second-order valence-corrected chi connectivity index (χ2v) is 7.33. The number of nitriles is 1. The van der Waals surface area contributed by atoms with Crippen LogP contribution in [0.1, 0.15) is 19.4 Å². The molecule has 4 heterocycles. The van der Waals surface area contributed by atoms with Crippen LogP contribution in [0.5, 0.6) is 5.75 Å². The molecule has 0 aromatic carbocycles. The van der Waals surface area contributed by atoms with Gasteiger partial charge in [0.1, 0.15) is 17.6 Å². The first-order chi connectivity index (χ1) is 15.0. The Hall–Kier alpha value is -4.04. The van der Waals surface area contributed by atoms with Crippen molar-refractivity contribution in [1.29, 1.82) is 5.26 Å². The topological polar surface area (TPSA) is 86.8 Å². The summed E-state index contributed by atoms with van der Waals surface area (Å²) < 4.78 is 7.33. The van der Waals surface area contributed by atoms with Gasteiger partial charge in [-0.3, -0.25) is 4.79 Å². The number of amides is 1. The Morgan fingerprint density at radius 2 is 2.19 bits per heavy atom. The maximum absolute atomic E-state index is 11.8. The smallest absolute Gasteiger partial charge is 0.298 e. The number of fused-ring (bicyclic) bond motifs is 1. The fourth-order valence-electron chi connectivity index (χ4n) is 3.93. The molecule has 1 fully saturated rings. The fraction of sp³-hybridized carbons (Fsp3) is 0.304. The number of carbonyl (C=O) groups is 1. The molecule has 1 atom stereocenters. The number of rotatable bonds is 4. The molecule has 0 aliphatic carbocycles. The van der Waals surface area contributed by atoms with E-state index in [0.717, 1.165) is 22.5 Å². The molecule has 0 N–H and O–H groups in total. The summed E-state index contributed by atoms with van der Waals surface area (Å²) in [5, 5.41) is 13.8. The summed E-state index contributed by atoms with van der Waals surface area (Å²) in [6.45, 7) is 6.31. The largest absolute Gasteiger partial charge is 0.492 e. The molecule has 8 nitrogen and oxygen atoms in total. The molecule has 0 spiro atoms. The van der Waals surface area contributed by atoms with Crippen molar-refractivity contribution >= 4 is 17.2 Å². The Morgan fingerprint density at radius 1 is 1.35 bits per heavy atom. The van der Waals surface area contributed by atoms with Gasteiger partial charge < -0.3 is 14.5 Å². The highest BCUT2D eigenvalue weighted by Gasteiger charge is 2.27. The highest BCUT2D eigenvalue weighted by Crippen LogP contribution is 2.31. The van der Waals surface area contributed by atoms with Crippen molar-refractivity contribution in [3.8, 4) is 35.3 Å². The lowest BCUT2D eigenvalue weighted by Crippen LogP contribution is -2.54. The molecular formula is C23H22N6O2. The molecule has 156 valence electrons. The Kier molecular flexibility index (Phi) is 5.46. The summed E-state index contributed by atoms with van der Waals surface area (Å²) in [6.07, 6.45) is 10.4. The van der Waals surface area contributed by atoms with E-state index in [2.05, 4.69) is 27.0 Å². The number of aromatic nitrogens is 3. The van der Waals surface area contributed by atoms with Gasteiger partial charge in [0.2, 0.25) is 0 Å². The van der Waals surface area contributed by atoms with Crippen LogP contribution in [0.15, 0.2) is 36.8 Å². The molecule has 1 aliphatic rings. The van der Waals surface area contributed by atoms with Crippen molar-refractivity contribution < 1.29 is 9.53 Å². The Balaban J connectivity index is 1.64. The number of nitrogens with zero attached hydrogens (tertiary/aromatic N) is 6. The summed E-state index contributed by atoms with van der Waals surface area (Å²) >= 11 is 0. The van der Waals surface area contributed by atoms with Crippen LogP contribution in [-0.2, 0) is 4.79 Å². The van der Waals surface area contributed by atoms with Crippen molar-refractivity contribution in [3.05, 3.63) is 42.4 Å². The average molecular weight is 414 g/mol. The molecule has 1 unspecified atom stereocenters. The minimum atomic E-state index is -0.275. The maximum atomic E-state index is 11.8. The van der Waals surface area contributed by atoms with Crippen LogP contribution in [0.3, 0.4) is 0 Å². The van der Waals surface area contributed by atoms with Crippen LogP contribution >= 0.6 is 0 Å². The molecule has 0 radical (unpaired) electrons. The number of piperazine rings is 1. The molecule has 0 saturated carbocycles. The second-order valence-electron chi connectivity index (χ2n) is 7.33. The number of terminal acetylenes is 1. The van der Waals surface area contributed by atoms with Gasteiger partial charge in [0.05, 0.1) is 30.1 Å². The first-order valence-corrected chi connectivity index (χ1v) is 10.1. The molecule has 0 bridgehead atoms. The monoisotopic (exact) mass is 414 g/mol. The lowest BCUT2D eigenvalue weighted by Gasteiger charge is -2.39. The van der Waals surface area contributed by atoms with E-state index in [9.17, 15) is 10.1 Å². The molecule has 31 heavy (non-hydrogen) atoms. The maximum Gasteiger partial charge on any atom is 0.298 e. The van der Waals surface area contributed by atoms with Gasteiger partial charge in [0, 0.05) is 43.0 Å². The SMILES string of the molecule is C#CC(=O)N1CCN(c2ccc(-c3cc(OCC)cn4ncc(C#N)c34)cn2)CC1C. The van der Waals surface area contributed by atoms with E-state index in [-0.39, 0.29) is 11.9 Å². The standard InChI is InChI=1S/C23H22N6O2/c1-4-22(30)28-9-8-27(14-16(28)3)21-7-6-17(12-25-21)20-10-19(31-5-2)15-29-23(20)18(11-24)13-26-29/h1,6-7,10,12-13,15-16H,5,8-9,14H2,2-3H3. The third kappa shape index (κ3) is 3.76. The van der Waals surface area contributed by atoms with E-state index >= 15 is 0 Å². The zero-order valence-electron chi connectivity index (χ0n) is 17.4. The summed E-state index contributed by atoms with van der Waals surface area (Å²) in [6, 6.07) is 8.04. The van der Waals surface area contributed by atoms with Crippen LogP contribution in [0.25, 0.3) is 16.6 Å². The molecule has 1 aliphatic heterocycles. The van der Waals surface area contributed by atoms with Crippen molar-refractivity contribution in [2.75, 3.05) is 31.1 Å². The van der Waals surface area contributed by atoms with Gasteiger partial charge in [-0.15, -0.1) is 6.42 Å². The zero-order valence-corrected chi connectivity index (χ0v) is 17.4. The van der Waals surface area contributed by atoms with Crippen LogP contribution < -0.4 is 9.64 Å². The van der Waals surface area contributed by atoms with Crippen molar-refractivity contribution in [2.24, 2.45) is 0 Å². The Bertz CT molecular complexity index is 1200. The van der Waals surface area contributed by atoms with E-state index in [0.29, 0.717) is 37.6 Å². The van der Waals surface area contributed by atoms with E-state index in [1.807, 2.05) is 32.0 Å². The number of hydrogen-bond donors (Lipinski definition) is 0. The van der Waals surface area contributed by atoms with Gasteiger partial charge in [0.15, 0.2) is 0 Å². The average Bonchev–Trinajstić information content (AvgIpc) is 3.21. The zero-order chi connectivity index (χ0) is 22.0. The van der Waals surface area contributed by atoms with E-state index in [1.165, 1.54) is 0 Å². The predicted octanol–water partition coefficient (Wildman–Crippen LogP) is 2.34. The van der Waals surface area contributed by atoms with E-state index in [1.54, 1.807) is 28.0 Å². The second kappa shape index (κ2) is 8.37. The van der Waals surface area contributed by atoms with Crippen LogP contribution in [-0.4, -0.2) is 57.7 Å². The van der Waals surface area contributed by atoms with Gasteiger partial charge in [-0.2, -0.15) is 10.4 Å². The van der Waals surface area contributed by atoms with Crippen molar-refractivity contribution in [2.45, 2.75) is 19.9 Å².